The Balaban J connectivity index is 2.59. The van der Waals surface area contributed by atoms with Crippen LogP contribution in [-0.4, -0.2) is 50.4 Å². The van der Waals surface area contributed by atoms with Gasteiger partial charge in [-0.05, 0) is 12.1 Å². The van der Waals surface area contributed by atoms with E-state index in [9.17, 15) is 9.59 Å². The third kappa shape index (κ3) is 5.80. The number of anilines is 1. The number of rotatable bonds is 9. The molecule has 3 N–H and O–H groups in total. The molecule has 1 amide bonds. The molecule has 1 rings (SSSR count). The van der Waals surface area contributed by atoms with Gasteiger partial charge in [-0.3, -0.25) is 9.59 Å². The molecule has 116 valence electrons. The Hall–Kier alpha value is -2.12. The van der Waals surface area contributed by atoms with Crippen molar-refractivity contribution < 1.29 is 24.2 Å². The van der Waals surface area contributed by atoms with Crippen LogP contribution in [-0.2, 0) is 14.3 Å². The smallest absolute Gasteiger partial charge is 0.321 e. The zero-order valence-electron chi connectivity index (χ0n) is 12.1. The lowest BCUT2D eigenvalue weighted by Crippen LogP contribution is -2.41. The van der Waals surface area contributed by atoms with Crippen molar-refractivity contribution in [2.45, 2.75) is 12.5 Å². The zero-order valence-corrected chi connectivity index (χ0v) is 12.1. The Bertz CT molecular complexity index is 478. The maximum Gasteiger partial charge on any atom is 0.321 e. The van der Waals surface area contributed by atoms with Gasteiger partial charge < -0.3 is 25.2 Å². The number of para-hydroxylation sites is 2. The first-order valence-corrected chi connectivity index (χ1v) is 6.46. The third-order valence-corrected chi connectivity index (χ3v) is 2.77. The molecule has 21 heavy (non-hydrogen) atoms. The standard InChI is InChI=1S/C14H20N2O5/c1-20-8-7-15-11(14(18)19)9-13(17)16-10-5-3-4-6-12(10)21-2/h3-6,11,15H,7-9H2,1-2H3,(H,16,17)(H,18,19). The van der Waals surface area contributed by atoms with Gasteiger partial charge in [0.1, 0.15) is 11.8 Å². The highest BCUT2D eigenvalue weighted by Gasteiger charge is 2.21. The predicted octanol–water partition coefficient (Wildman–Crippen LogP) is 0.713. The third-order valence-electron chi connectivity index (χ3n) is 2.77. The number of carbonyl (C=O) groups is 2. The van der Waals surface area contributed by atoms with Gasteiger partial charge in [-0.1, -0.05) is 12.1 Å². The van der Waals surface area contributed by atoms with Crippen molar-refractivity contribution >= 4 is 17.6 Å². The summed E-state index contributed by atoms with van der Waals surface area (Å²) in [6.45, 7) is 0.729. The Morgan fingerprint density at radius 2 is 2.00 bits per heavy atom. The molecule has 1 aromatic carbocycles. The topological polar surface area (TPSA) is 96.9 Å². The van der Waals surface area contributed by atoms with Crippen molar-refractivity contribution in [3.05, 3.63) is 24.3 Å². The van der Waals surface area contributed by atoms with Crippen LogP contribution in [0.1, 0.15) is 6.42 Å². The first-order chi connectivity index (χ1) is 10.1. The lowest BCUT2D eigenvalue weighted by Gasteiger charge is -2.15. The number of benzene rings is 1. The molecule has 0 heterocycles. The van der Waals surface area contributed by atoms with E-state index in [0.717, 1.165) is 0 Å². The minimum atomic E-state index is -1.08. The number of hydrogen-bond acceptors (Lipinski definition) is 5. The van der Waals surface area contributed by atoms with Crippen LogP contribution >= 0.6 is 0 Å². The monoisotopic (exact) mass is 296 g/mol. The summed E-state index contributed by atoms with van der Waals surface area (Å²) in [7, 11) is 3.02. The van der Waals surface area contributed by atoms with Gasteiger partial charge in [0.15, 0.2) is 0 Å². The summed E-state index contributed by atoms with van der Waals surface area (Å²) < 4.78 is 9.95. The Morgan fingerprint density at radius 1 is 1.29 bits per heavy atom. The summed E-state index contributed by atoms with van der Waals surface area (Å²) in [5.41, 5.74) is 0.506. The van der Waals surface area contributed by atoms with Gasteiger partial charge in [0, 0.05) is 13.7 Å². The van der Waals surface area contributed by atoms with Gasteiger partial charge in [0.25, 0.3) is 0 Å². The van der Waals surface area contributed by atoms with Crippen LogP contribution in [0.4, 0.5) is 5.69 Å². The van der Waals surface area contributed by atoms with E-state index in [0.29, 0.717) is 24.6 Å². The van der Waals surface area contributed by atoms with Gasteiger partial charge in [-0.25, -0.2) is 0 Å². The van der Waals surface area contributed by atoms with E-state index in [-0.39, 0.29) is 6.42 Å². The average molecular weight is 296 g/mol. The molecule has 0 aliphatic carbocycles. The van der Waals surface area contributed by atoms with Gasteiger partial charge in [0.05, 0.1) is 25.8 Å². The van der Waals surface area contributed by atoms with Crippen LogP contribution in [0.3, 0.4) is 0 Å². The van der Waals surface area contributed by atoms with Crippen LogP contribution in [0.2, 0.25) is 0 Å². The fourth-order valence-electron chi connectivity index (χ4n) is 1.72. The molecular formula is C14H20N2O5. The maximum absolute atomic E-state index is 11.9. The molecule has 1 aromatic rings. The Morgan fingerprint density at radius 3 is 2.62 bits per heavy atom. The van der Waals surface area contributed by atoms with Gasteiger partial charge in [-0.15, -0.1) is 0 Å². The zero-order chi connectivity index (χ0) is 15.7. The number of methoxy groups -OCH3 is 2. The SMILES string of the molecule is COCCNC(CC(=O)Nc1ccccc1OC)C(=O)O. The summed E-state index contributed by atoms with van der Waals surface area (Å²) in [5, 5.41) is 14.5. The lowest BCUT2D eigenvalue weighted by molar-refractivity contribution is -0.141. The number of hydrogen-bond donors (Lipinski definition) is 3. The Kier molecular flexibility index (Phi) is 7.20. The first kappa shape index (κ1) is 16.9. The molecule has 7 heteroatoms. The van der Waals surface area contributed by atoms with Crippen molar-refractivity contribution in [2.75, 3.05) is 32.7 Å². The van der Waals surface area contributed by atoms with Crippen molar-refractivity contribution in [3.8, 4) is 5.75 Å². The molecule has 0 radical (unpaired) electrons. The molecule has 1 atom stereocenters. The van der Waals surface area contributed by atoms with Crippen LogP contribution in [0, 0.1) is 0 Å². The largest absolute Gasteiger partial charge is 0.495 e. The minimum absolute atomic E-state index is 0.183. The van der Waals surface area contributed by atoms with Crippen molar-refractivity contribution in [3.63, 3.8) is 0 Å². The van der Waals surface area contributed by atoms with E-state index >= 15 is 0 Å². The molecule has 0 bridgehead atoms. The second-order valence-corrected chi connectivity index (χ2v) is 4.29. The summed E-state index contributed by atoms with van der Waals surface area (Å²) in [6.07, 6.45) is -0.183. The first-order valence-electron chi connectivity index (χ1n) is 6.46. The second-order valence-electron chi connectivity index (χ2n) is 4.29. The fourth-order valence-corrected chi connectivity index (χ4v) is 1.72. The van der Waals surface area contributed by atoms with E-state index in [2.05, 4.69) is 10.6 Å². The molecule has 0 aliphatic rings. The van der Waals surface area contributed by atoms with E-state index < -0.39 is 17.9 Å². The minimum Gasteiger partial charge on any atom is -0.495 e. The summed E-state index contributed by atoms with van der Waals surface area (Å²) in [6, 6.07) is 5.96. The molecule has 0 aromatic heterocycles. The van der Waals surface area contributed by atoms with E-state index in [4.69, 9.17) is 14.6 Å². The van der Waals surface area contributed by atoms with Gasteiger partial charge in [-0.2, -0.15) is 0 Å². The summed E-state index contributed by atoms with van der Waals surface area (Å²) in [5.74, 6) is -0.969. The highest BCUT2D eigenvalue weighted by Crippen LogP contribution is 2.23. The van der Waals surface area contributed by atoms with Crippen LogP contribution < -0.4 is 15.4 Å². The van der Waals surface area contributed by atoms with Crippen molar-refractivity contribution in [2.24, 2.45) is 0 Å². The van der Waals surface area contributed by atoms with Gasteiger partial charge in [0.2, 0.25) is 5.91 Å². The fraction of sp³-hybridized carbons (Fsp3) is 0.429. The number of amides is 1. The van der Waals surface area contributed by atoms with Gasteiger partial charge >= 0.3 is 5.97 Å². The van der Waals surface area contributed by atoms with Crippen LogP contribution in [0.15, 0.2) is 24.3 Å². The number of carbonyl (C=O) groups excluding carboxylic acids is 1. The highest BCUT2D eigenvalue weighted by atomic mass is 16.5. The number of ether oxygens (including phenoxy) is 2. The molecule has 1 unspecified atom stereocenters. The molecule has 7 nitrogen and oxygen atoms in total. The second kappa shape index (κ2) is 8.93. The number of nitrogens with one attached hydrogen (secondary N) is 2. The summed E-state index contributed by atoms with van der Waals surface area (Å²) >= 11 is 0. The molecule has 0 saturated heterocycles. The number of carboxylic acid groups (broad SMARTS) is 1. The highest BCUT2D eigenvalue weighted by molar-refractivity contribution is 5.95. The summed E-state index contributed by atoms with van der Waals surface area (Å²) in [4.78, 5) is 23.0. The Labute approximate surface area is 123 Å². The van der Waals surface area contributed by atoms with E-state index in [1.807, 2.05) is 0 Å². The maximum atomic E-state index is 11.9. The number of carboxylic acids is 1. The quantitative estimate of drug-likeness (QED) is 0.581. The lowest BCUT2D eigenvalue weighted by atomic mass is 10.2. The molecule has 0 aliphatic heterocycles. The van der Waals surface area contributed by atoms with Crippen LogP contribution in [0.25, 0.3) is 0 Å². The molecule has 0 saturated carbocycles. The molecule has 0 spiro atoms. The van der Waals surface area contributed by atoms with E-state index in [1.54, 1.807) is 24.3 Å². The normalized spacial score (nSPS) is 11.7. The molecule has 0 fully saturated rings. The van der Waals surface area contributed by atoms with Crippen molar-refractivity contribution in [1.82, 2.24) is 5.32 Å². The molecular weight excluding hydrogens is 276 g/mol. The van der Waals surface area contributed by atoms with E-state index in [1.165, 1.54) is 14.2 Å². The predicted molar refractivity (Wildman–Crippen MR) is 77.5 cm³/mol. The van der Waals surface area contributed by atoms with Crippen molar-refractivity contribution in [1.29, 1.82) is 0 Å². The van der Waals surface area contributed by atoms with Crippen LogP contribution in [0.5, 0.6) is 5.75 Å². The number of aliphatic carboxylic acids is 1. The average Bonchev–Trinajstić information content (AvgIpc) is 2.46.